The van der Waals surface area contributed by atoms with Gasteiger partial charge in [-0.2, -0.15) is 4.98 Å². The second kappa shape index (κ2) is 6.50. The van der Waals surface area contributed by atoms with Crippen molar-refractivity contribution in [2.45, 2.75) is 45.1 Å². The van der Waals surface area contributed by atoms with Crippen LogP contribution in [0.4, 0.5) is 5.69 Å². The molecule has 1 aromatic heterocycles. The first-order valence-electron chi connectivity index (χ1n) is 9.09. The maximum Gasteiger partial charge on any atom is 0.249 e. The minimum absolute atomic E-state index is 0.0784. The van der Waals surface area contributed by atoms with Crippen LogP contribution in [-0.4, -0.2) is 40.6 Å². The molecule has 2 aliphatic heterocycles. The number of para-hydroxylation sites is 1. The predicted octanol–water partition coefficient (Wildman–Crippen LogP) is 2.92. The summed E-state index contributed by atoms with van der Waals surface area (Å²) < 4.78 is 5.45. The maximum absolute atomic E-state index is 12.9. The third-order valence-electron chi connectivity index (χ3n) is 5.14. The zero-order valence-corrected chi connectivity index (χ0v) is 14.8. The zero-order chi connectivity index (χ0) is 17.4. The molecule has 1 saturated heterocycles. The fourth-order valence-electron chi connectivity index (χ4n) is 3.76. The molecule has 0 spiro atoms. The Balaban J connectivity index is 1.48. The Morgan fingerprint density at radius 1 is 1.32 bits per heavy atom. The van der Waals surface area contributed by atoms with Gasteiger partial charge in [-0.25, -0.2) is 0 Å². The first-order valence-corrected chi connectivity index (χ1v) is 9.09. The van der Waals surface area contributed by atoms with Gasteiger partial charge in [0.2, 0.25) is 11.8 Å². The highest BCUT2D eigenvalue weighted by atomic mass is 16.5. The molecule has 25 heavy (non-hydrogen) atoms. The summed E-state index contributed by atoms with van der Waals surface area (Å²) in [5.41, 5.74) is 2.51. The van der Waals surface area contributed by atoms with Crippen molar-refractivity contribution < 1.29 is 9.32 Å². The van der Waals surface area contributed by atoms with Crippen molar-refractivity contribution in [2.75, 3.05) is 24.5 Å². The molecule has 0 N–H and O–H groups in total. The minimum Gasteiger partial charge on any atom is -0.362 e. The molecule has 4 rings (SSSR count). The fourth-order valence-corrected chi connectivity index (χ4v) is 3.76. The Morgan fingerprint density at radius 3 is 2.96 bits per heavy atom. The Labute approximate surface area is 147 Å². The Morgan fingerprint density at radius 2 is 2.16 bits per heavy atom. The van der Waals surface area contributed by atoms with Crippen LogP contribution in [0.3, 0.4) is 0 Å². The van der Waals surface area contributed by atoms with Crippen molar-refractivity contribution in [1.82, 2.24) is 15.0 Å². The third-order valence-corrected chi connectivity index (χ3v) is 5.14. The predicted molar refractivity (Wildman–Crippen MR) is 94.4 cm³/mol. The van der Waals surface area contributed by atoms with Crippen molar-refractivity contribution in [3.63, 3.8) is 0 Å². The van der Waals surface area contributed by atoms with Crippen molar-refractivity contribution in [1.29, 1.82) is 0 Å². The Bertz CT molecular complexity index is 770. The van der Waals surface area contributed by atoms with E-state index in [1.165, 1.54) is 11.3 Å². The number of amides is 1. The number of rotatable bonds is 4. The van der Waals surface area contributed by atoms with Gasteiger partial charge in [0.15, 0.2) is 5.82 Å². The Hall–Kier alpha value is -2.37. The largest absolute Gasteiger partial charge is 0.362 e. The summed E-state index contributed by atoms with van der Waals surface area (Å²) in [6.45, 7) is 6.16. The summed E-state index contributed by atoms with van der Waals surface area (Å²) in [4.78, 5) is 21.5. The minimum atomic E-state index is -0.0784. The number of aromatic nitrogens is 2. The number of fused-ring (bicyclic) bond motifs is 1. The lowest BCUT2D eigenvalue weighted by Crippen LogP contribution is -2.39. The van der Waals surface area contributed by atoms with E-state index >= 15 is 0 Å². The van der Waals surface area contributed by atoms with Crippen LogP contribution < -0.4 is 4.90 Å². The molecule has 0 saturated carbocycles. The second-order valence-electron chi connectivity index (χ2n) is 7.19. The van der Waals surface area contributed by atoms with Gasteiger partial charge in [-0.05, 0) is 30.9 Å². The molecule has 2 aromatic rings. The van der Waals surface area contributed by atoms with Crippen molar-refractivity contribution in [2.24, 2.45) is 0 Å². The molecule has 0 unspecified atom stereocenters. The molecular formula is C19H24N4O2. The number of benzene rings is 1. The smallest absolute Gasteiger partial charge is 0.249 e. The summed E-state index contributed by atoms with van der Waals surface area (Å²) >= 11 is 0. The fraction of sp³-hybridized carbons (Fsp3) is 0.526. The van der Waals surface area contributed by atoms with Crippen LogP contribution in [-0.2, 0) is 11.2 Å². The monoisotopic (exact) mass is 340 g/mol. The van der Waals surface area contributed by atoms with Crippen LogP contribution in [0, 0.1) is 0 Å². The SMILES string of the molecule is CC(C)c1noc([C@H]2CCCN2C(=O)CN2CCc3ccccc32)n1. The van der Waals surface area contributed by atoms with E-state index < -0.39 is 0 Å². The Kier molecular flexibility index (Phi) is 4.19. The van der Waals surface area contributed by atoms with E-state index in [-0.39, 0.29) is 17.9 Å². The van der Waals surface area contributed by atoms with Crippen molar-refractivity contribution in [3.8, 4) is 0 Å². The lowest BCUT2D eigenvalue weighted by Gasteiger charge is -2.26. The molecule has 6 nitrogen and oxygen atoms in total. The average molecular weight is 340 g/mol. The van der Waals surface area contributed by atoms with E-state index in [1.54, 1.807) is 0 Å². The van der Waals surface area contributed by atoms with Crippen molar-refractivity contribution >= 4 is 11.6 Å². The van der Waals surface area contributed by atoms with E-state index in [9.17, 15) is 4.79 Å². The van der Waals surface area contributed by atoms with Crippen molar-refractivity contribution in [3.05, 3.63) is 41.5 Å². The van der Waals surface area contributed by atoms with E-state index in [4.69, 9.17) is 4.52 Å². The summed E-state index contributed by atoms with van der Waals surface area (Å²) in [6, 6.07) is 8.26. The first kappa shape index (κ1) is 16.1. The number of carbonyl (C=O) groups is 1. The van der Waals surface area contributed by atoms with Gasteiger partial charge in [-0.15, -0.1) is 0 Å². The van der Waals surface area contributed by atoms with Crippen LogP contribution in [0.25, 0.3) is 0 Å². The molecular weight excluding hydrogens is 316 g/mol. The third kappa shape index (κ3) is 3.01. The van der Waals surface area contributed by atoms with Gasteiger partial charge < -0.3 is 14.3 Å². The summed E-state index contributed by atoms with van der Waals surface area (Å²) in [6.07, 6.45) is 2.88. The molecule has 0 bridgehead atoms. The van der Waals surface area contributed by atoms with E-state index in [2.05, 4.69) is 33.2 Å². The zero-order valence-electron chi connectivity index (χ0n) is 14.8. The van der Waals surface area contributed by atoms with E-state index in [0.29, 0.717) is 18.3 Å². The molecule has 1 amide bonds. The second-order valence-corrected chi connectivity index (χ2v) is 7.19. The summed E-state index contributed by atoms with van der Waals surface area (Å²) in [5.74, 6) is 1.66. The molecule has 1 atom stereocenters. The molecule has 2 aliphatic rings. The van der Waals surface area contributed by atoms with Gasteiger partial charge in [-0.3, -0.25) is 4.79 Å². The maximum atomic E-state index is 12.9. The van der Waals surface area contributed by atoms with Gasteiger partial charge in [0.1, 0.15) is 6.04 Å². The highest BCUT2D eigenvalue weighted by molar-refractivity contribution is 5.83. The quantitative estimate of drug-likeness (QED) is 0.856. The average Bonchev–Trinajstić information content (AvgIpc) is 3.34. The molecule has 132 valence electrons. The van der Waals surface area contributed by atoms with Crippen LogP contribution >= 0.6 is 0 Å². The summed E-state index contributed by atoms with van der Waals surface area (Å²) in [5, 5.41) is 4.05. The number of carbonyl (C=O) groups excluding carboxylic acids is 1. The topological polar surface area (TPSA) is 62.5 Å². The van der Waals surface area contributed by atoms with E-state index in [1.807, 2.05) is 24.8 Å². The van der Waals surface area contributed by atoms with Gasteiger partial charge >= 0.3 is 0 Å². The first-order chi connectivity index (χ1) is 12.1. The highest BCUT2D eigenvalue weighted by Gasteiger charge is 2.35. The highest BCUT2D eigenvalue weighted by Crippen LogP contribution is 2.33. The van der Waals surface area contributed by atoms with Gasteiger partial charge in [0, 0.05) is 24.7 Å². The van der Waals surface area contributed by atoms with E-state index in [0.717, 1.165) is 32.4 Å². The molecule has 3 heterocycles. The lowest BCUT2D eigenvalue weighted by molar-refractivity contribution is -0.131. The lowest BCUT2D eigenvalue weighted by atomic mass is 10.2. The summed E-state index contributed by atoms with van der Waals surface area (Å²) in [7, 11) is 0. The number of hydrogen-bond donors (Lipinski definition) is 0. The van der Waals surface area contributed by atoms with Crippen LogP contribution in [0.15, 0.2) is 28.8 Å². The molecule has 1 fully saturated rings. The normalized spacial score (nSPS) is 19.7. The van der Waals surface area contributed by atoms with Gasteiger partial charge in [0.25, 0.3) is 0 Å². The van der Waals surface area contributed by atoms with Crippen LogP contribution in [0.2, 0.25) is 0 Å². The van der Waals surface area contributed by atoms with Gasteiger partial charge in [0.05, 0.1) is 6.54 Å². The standard InChI is InChI=1S/C19H24N4O2/c1-13(2)18-20-19(25-21-18)16-8-5-10-23(16)17(24)12-22-11-9-14-6-3-4-7-15(14)22/h3-4,6-7,13,16H,5,8-12H2,1-2H3/t16-/m1/s1. The van der Waals surface area contributed by atoms with Crippen LogP contribution in [0.5, 0.6) is 0 Å². The van der Waals surface area contributed by atoms with Gasteiger partial charge in [-0.1, -0.05) is 37.2 Å². The molecule has 0 aliphatic carbocycles. The number of likely N-dealkylation sites (tertiary alicyclic amines) is 1. The molecule has 1 aromatic carbocycles. The molecule has 0 radical (unpaired) electrons. The number of hydrogen-bond acceptors (Lipinski definition) is 5. The number of anilines is 1. The molecule has 6 heteroatoms. The number of nitrogens with zero attached hydrogens (tertiary/aromatic N) is 4. The van der Waals surface area contributed by atoms with Crippen LogP contribution in [0.1, 0.15) is 55.9 Å².